The summed E-state index contributed by atoms with van der Waals surface area (Å²) in [5, 5.41) is 1.96. The summed E-state index contributed by atoms with van der Waals surface area (Å²) in [5.74, 6) is 0.886. The topological polar surface area (TPSA) is 30.2 Å². The third-order valence-electron chi connectivity index (χ3n) is 2.30. The van der Waals surface area contributed by atoms with Crippen LogP contribution in [0.1, 0.15) is 24.4 Å². The van der Waals surface area contributed by atoms with E-state index in [0.29, 0.717) is 27.4 Å². The fourth-order valence-electron chi connectivity index (χ4n) is 1.47. The first-order chi connectivity index (χ1) is 8.06. The number of hydrogen-bond acceptors (Lipinski definition) is 3. The van der Waals surface area contributed by atoms with Crippen LogP contribution in [0.3, 0.4) is 0 Å². The zero-order chi connectivity index (χ0) is 12.4. The Balaban J connectivity index is 2.21. The van der Waals surface area contributed by atoms with E-state index in [0.717, 1.165) is 5.39 Å². The number of fused-ring (bicyclic) bond motifs is 1. The summed E-state index contributed by atoms with van der Waals surface area (Å²) in [5.41, 5.74) is 0.701. The lowest BCUT2D eigenvalue weighted by Gasteiger charge is -2.01. The summed E-state index contributed by atoms with van der Waals surface area (Å²) in [6.07, 6.45) is 0. The molecule has 1 aromatic heterocycles. The Morgan fingerprint density at radius 3 is 2.88 bits per heavy atom. The average molecular weight is 269 g/mol. The summed E-state index contributed by atoms with van der Waals surface area (Å²) >= 11 is 7.49. The van der Waals surface area contributed by atoms with Gasteiger partial charge in [-0.05, 0) is 29.5 Å². The van der Waals surface area contributed by atoms with Gasteiger partial charge in [-0.25, -0.2) is 0 Å². The Labute approximate surface area is 109 Å². The van der Waals surface area contributed by atoms with Crippen LogP contribution in [-0.4, -0.2) is 16.8 Å². The molecule has 1 heterocycles. The van der Waals surface area contributed by atoms with Gasteiger partial charge in [0.2, 0.25) is 5.78 Å². The molecule has 0 atom stereocenters. The number of carbonyl (C=O) groups is 1. The minimum atomic E-state index is 0.0241. The van der Waals surface area contributed by atoms with Crippen LogP contribution in [0.4, 0.5) is 0 Å². The minimum absolute atomic E-state index is 0.0241. The Bertz CT molecular complexity index is 545. The molecule has 0 spiro atoms. The van der Waals surface area contributed by atoms with Crippen molar-refractivity contribution in [3.8, 4) is 0 Å². The maximum atomic E-state index is 11.9. The molecular formula is C13H13ClO2S. The summed E-state index contributed by atoms with van der Waals surface area (Å²) in [6, 6.07) is 7.09. The second-order valence-electron chi connectivity index (χ2n) is 4.08. The van der Waals surface area contributed by atoms with Crippen molar-refractivity contribution >= 4 is 40.1 Å². The zero-order valence-corrected chi connectivity index (χ0v) is 11.3. The number of carbonyl (C=O) groups excluding carboxylic acids is 1. The average Bonchev–Trinajstić information content (AvgIpc) is 2.68. The normalized spacial score (nSPS) is 11.3. The lowest BCUT2D eigenvalue weighted by Crippen LogP contribution is -2.03. The SMILES string of the molecule is CC(C)SCC(=O)c1cc2cc(Cl)ccc2o1. The maximum Gasteiger partial charge on any atom is 0.207 e. The van der Waals surface area contributed by atoms with Gasteiger partial charge in [0.1, 0.15) is 5.58 Å². The lowest BCUT2D eigenvalue weighted by atomic mass is 10.2. The van der Waals surface area contributed by atoms with Gasteiger partial charge >= 0.3 is 0 Å². The van der Waals surface area contributed by atoms with Gasteiger partial charge in [0.25, 0.3) is 0 Å². The van der Waals surface area contributed by atoms with E-state index < -0.39 is 0 Å². The Hall–Kier alpha value is -0.930. The monoisotopic (exact) mass is 268 g/mol. The molecule has 0 saturated heterocycles. The predicted molar refractivity (Wildman–Crippen MR) is 73.1 cm³/mol. The van der Waals surface area contributed by atoms with Crippen molar-refractivity contribution in [2.45, 2.75) is 19.1 Å². The van der Waals surface area contributed by atoms with Gasteiger partial charge in [-0.3, -0.25) is 4.79 Å². The minimum Gasteiger partial charge on any atom is -0.453 e. The Morgan fingerprint density at radius 2 is 2.18 bits per heavy atom. The molecule has 0 unspecified atom stereocenters. The second kappa shape index (κ2) is 5.15. The van der Waals surface area contributed by atoms with Gasteiger partial charge < -0.3 is 4.42 Å². The summed E-state index contributed by atoms with van der Waals surface area (Å²) in [7, 11) is 0. The number of ketones is 1. The molecule has 0 fully saturated rings. The quantitative estimate of drug-likeness (QED) is 0.770. The van der Waals surface area contributed by atoms with Gasteiger partial charge in [-0.2, -0.15) is 11.8 Å². The van der Waals surface area contributed by atoms with Crippen molar-refractivity contribution in [2.75, 3.05) is 5.75 Å². The van der Waals surface area contributed by atoms with Crippen LogP contribution >= 0.6 is 23.4 Å². The standard InChI is InChI=1S/C13H13ClO2S/c1-8(2)17-7-11(15)13-6-9-5-10(14)3-4-12(9)16-13/h3-6,8H,7H2,1-2H3. The molecule has 4 heteroatoms. The van der Waals surface area contributed by atoms with E-state index in [9.17, 15) is 4.79 Å². The lowest BCUT2D eigenvalue weighted by molar-refractivity contribution is 0.0994. The van der Waals surface area contributed by atoms with Crippen molar-refractivity contribution < 1.29 is 9.21 Å². The fourth-order valence-corrected chi connectivity index (χ4v) is 2.27. The highest BCUT2D eigenvalue weighted by Gasteiger charge is 2.13. The number of benzene rings is 1. The third-order valence-corrected chi connectivity index (χ3v) is 3.63. The largest absolute Gasteiger partial charge is 0.453 e. The molecule has 2 aromatic rings. The molecule has 0 aliphatic rings. The number of thioether (sulfide) groups is 1. The molecule has 0 saturated carbocycles. The van der Waals surface area contributed by atoms with Gasteiger partial charge in [0.05, 0.1) is 5.75 Å². The number of hydrogen-bond donors (Lipinski definition) is 0. The van der Waals surface area contributed by atoms with Crippen LogP contribution in [0.2, 0.25) is 5.02 Å². The zero-order valence-electron chi connectivity index (χ0n) is 9.70. The molecule has 2 nitrogen and oxygen atoms in total. The highest BCUT2D eigenvalue weighted by atomic mass is 35.5. The first-order valence-electron chi connectivity index (χ1n) is 5.40. The molecule has 1 aromatic carbocycles. The molecule has 0 radical (unpaired) electrons. The van der Waals surface area contributed by atoms with Gasteiger partial charge in [-0.15, -0.1) is 0 Å². The van der Waals surface area contributed by atoms with Crippen molar-refractivity contribution in [1.29, 1.82) is 0 Å². The Morgan fingerprint density at radius 1 is 1.41 bits per heavy atom. The molecule has 0 bridgehead atoms. The van der Waals surface area contributed by atoms with E-state index >= 15 is 0 Å². The second-order valence-corrected chi connectivity index (χ2v) is 6.08. The molecule has 17 heavy (non-hydrogen) atoms. The number of halogens is 1. The van der Waals surface area contributed by atoms with E-state index in [1.807, 2.05) is 0 Å². The van der Waals surface area contributed by atoms with E-state index in [2.05, 4.69) is 13.8 Å². The highest BCUT2D eigenvalue weighted by molar-refractivity contribution is 8.00. The molecule has 0 amide bonds. The molecule has 2 rings (SSSR count). The fraction of sp³-hybridized carbons (Fsp3) is 0.308. The van der Waals surface area contributed by atoms with E-state index in [1.165, 1.54) is 0 Å². The molecule has 0 aliphatic carbocycles. The van der Waals surface area contributed by atoms with E-state index in [4.69, 9.17) is 16.0 Å². The third kappa shape index (κ3) is 3.05. The first-order valence-corrected chi connectivity index (χ1v) is 6.83. The van der Waals surface area contributed by atoms with Crippen LogP contribution in [-0.2, 0) is 0 Å². The van der Waals surface area contributed by atoms with Gasteiger partial charge in [0.15, 0.2) is 5.76 Å². The van der Waals surface area contributed by atoms with Crippen molar-refractivity contribution in [3.63, 3.8) is 0 Å². The van der Waals surface area contributed by atoms with Gasteiger partial charge in [0, 0.05) is 10.4 Å². The molecule has 0 aliphatic heterocycles. The molecule has 90 valence electrons. The van der Waals surface area contributed by atoms with Crippen molar-refractivity contribution in [1.82, 2.24) is 0 Å². The van der Waals surface area contributed by atoms with E-state index in [-0.39, 0.29) is 5.78 Å². The highest BCUT2D eigenvalue weighted by Crippen LogP contribution is 2.24. The Kier molecular flexibility index (Phi) is 3.79. The predicted octanol–water partition coefficient (Wildman–Crippen LogP) is 4.41. The molecule has 0 N–H and O–H groups in total. The van der Waals surface area contributed by atoms with E-state index in [1.54, 1.807) is 36.0 Å². The van der Waals surface area contributed by atoms with Crippen LogP contribution in [0.5, 0.6) is 0 Å². The first kappa shape index (κ1) is 12.5. The van der Waals surface area contributed by atoms with Crippen LogP contribution in [0.15, 0.2) is 28.7 Å². The number of Topliss-reactive ketones (excluding diaryl/α,β-unsaturated/α-hetero) is 1. The number of rotatable bonds is 4. The summed E-state index contributed by atoms with van der Waals surface area (Å²) in [6.45, 7) is 4.13. The van der Waals surface area contributed by atoms with Gasteiger partial charge in [-0.1, -0.05) is 25.4 Å². The molecular weight excluding hydrogens is 256 g/mol. The van der Waals surface area contributed by atoms with Crippen molar-refractivity contribution in [2.24, 2.45) is 0 Å². The summed E-state index contributed by atoms with van der Waals surface area (Å²) in [4.78, 5) is 11.9. The van der Waals surface area contributed by atoms with Crippen LogP contribution < -0.4 is 0 Å². The van der Waals surface area contributed by atoms with Crippen molar-refractivity contribution in [3.05, 3.63) is 35.0 Å². The maximum absolute atomic E-state index is 11.9. The smallest absolute Gasteiger partial charge is 0.207 e. The van der Waals surface area contributed by atoms with Crippen LogP contribution in [0, 0.1) is 0 Å². The summed E-state index contributed by atoms with van der Waals surface area (Å²) < 4.78 is 5.50. The number of furan rings is 1. The van der Waals surface area contributed by atoms with Crippen LogP contribution in [0.25, 0.3) is 11.0 Å².